The average Bonchev–Trinajstić information content (AvgIpc) is 3.03. The van der Waals surface area contributed by atoms with Gasteiger partial charge in [-0.25, -0.2) is 0 Å². The maximum absolute atomic E-state index is 2.31. The summed E-state index contributed by atoms with van der Waals surface area (Å²) in [7, 11) is 0. The van der Waals surface area contributed by atoms with Crippen molar-refractivity contribution in [2.75, 3.05) is 0 Å². The van der Waals surface area contributed by atoms with E-state index in [2.05, 4.69) is 153 Å². The van der Waals surface area contributed by atoms with Crippen LogP contribution in [0.2, 0.25) is 0 Å². The third-order valence-corrected chi connectivity index (χ3v) is 8.57. The monoisotopic (exact) mass is 512 g/mol. The normalized spacial score (nSPS) is 12.2. The van der Waals surface area contributed by atoms with Crippen LogP contribution in [-0.4, -0.2) is 0 Å². The highest BCUT2D eigenvalue weighted by Crippen LogP contribution is 2.44. The summed E-state index contributed by atoms with van der Waals surface area (Å²) in [6.07, 6.45) is 1.15. The fourth-order valence-electron chi connectivity index (χ4n) is 6.16. The zero-order chi connectivity index (χ0) is 27.1. The molecule has 1 unspecified atom stereocenters. The van der Waals surface area contributed by atoms with Gasteiger partial charge in [-0.1, -0.05) is 147 Å². The molecule has 0 saturated heterocycles. The van der Waals surface area contributed by atoms with Gasteiger partial charge in [0.2, 0.25) is 0 Å². The predicted molar refractivity (Wildman–Crippen MR) is 174 cm³/mol. The summed E-state index contributed by atoms with van der Waals surface area (Å²) in [5, 5.41) is 7.72. The molecule has 7 aromatic rings. The fraction of sp³-hybridized carbons (Fsp3) is 0.100. The lowest BCUT2D eigenvalue weighted by atomic mass is 9.85. The number of benzene rings is 7. The highest BCUT2D eigenvalue weighted by Gasteiger charge is 2.16. The lowest BCUT2D eigenvalue weighted by molar-refractivity contribution is 0.734. The molecule has 0 nitrogen and oxygen atoms in total. The van der Waals surface area contributed by atoms with Crippen molar-refractivity contribution in [2.45, 2.75) is 26.2 Å². The molecule has 0 fully saturated rings. The molecule has 0 saturated carbocycles. The summed E-state index contributed by atoms with van der Waals surface area (Å²) in [5.41, 5.74) is 9.03. The van der Waals surface area contributed by atoms with Gasteiger partial charge >= 0.3 is 0 Å². The van der Waals surface area contributed by atoms with Crippen molar-refractivity contribution in [2.24, 2.45) is 0 Å². The molecule has 0 aliphatic heterocycles. The Bertz CT molecular complexity index is 1920. The summed E-state index contributed by atoms with van der Waals surface area (Å²) in [5.74, 6) is 0.572. The molecule has 0 heterocycles. The van der Waals surface area contributed by atoms with Crippen molar-refractivity contribution < 1.29 is 0 Å². The van der Waals surface area contributed by atoms with Crippen LogP contribution in [0.15, 0.2) is 140 Å². The molecule has 0 amide bonds. The van der Waals surface area contributed by atoms with E-state index in [0.717, 1.165) is 6.42 Å². The number of hydrogen-bond donors (Lipinski definition) is 0. The quantitative estimate of drug-likeness (QED) is 0.201. The van der Waals surface area contributed by atoms with Crippen molar-refractivity contribution >= 4 is 32.3 Å². The van der Waals surface area contributed by atoms with Gasteiger partial charge in [-0.05, 0) is 89.7 Å². The second kappa shape index (κ2) is 10.1. The third kappa shape index (κ3) is 4.17. The molecule has 0 bridgehead atoms. The van der Waals surface area contributed by atoms with Crippen LogP contribution in [0.3, 0.4) is 0 Å². The van der Waals surface area contributed by atoms with Gasteiger partial charge in [-0.3, -0.25) is 0 Å². The van der Waals surface area contributed by atoms with Crippen LogP contribution >= 0.6 is 0 Å². The van der Waals surface area contributed by atoms with E-state index in [1.54, 1.807) is 0 Å². The van der Waals surface area contributed by atoms with Crippen LogP contribution in [0.4, 0.5) is 0 Å². The Balaban J connectivity index is 1.39. The molecule has 0 radical (unpaired) electrons. The Morgan fingerprint density at radius 3 is 1.38 bits per heavy atom. The molecular weight excluding hydrogens is 480 g/mol. The summed E-state index contributed by atoms with van der Waals surface area (Å²) in [4.78, 5) is 0. The maximum atomic E-state index is 2.31. The van der Waals surface area contributed by atoms with Gasteiger partial charge in [0.25, 0.3) is 0 Å². The maximum Gasteiger partial charge on any atom is -0.00264 e. The Kier molecular flexibility index (Phi) is 6.17. The lowest BCUT2D eigenvalue weighted by Gasteiger charge is -2.18. The number of rotatable bonds is 5. The molecule has 7 rings (SSSR count). The predicted octanol–water partition coefficient (Wildman–Crippen LogP) is 11.7. The number of fused-ring (bicyclic) bond motifs is 3. The molecule has 0 spiro atoms. The van der Waals surface area contributed by atoms with Crippen LogP contribution in [0.1, 0.15) is 31.7 Å². The summed E-state index contributed by atoms with van der Waals surface area (Å²) >= 11 is 0. The SMILES string of the molecule is CCC(C)c1ccc(-c2c3ccccc3c(-c3ccc(-c4ccc5ccccc5c4)cc3)c3ccccc23)cc1. The molecule has 1 atom stereocenters. The molecule has 0 N–H and O–H groups in total. The van der Waals surface area contributed by atoms with E-state index in [1.165, 1.54) is 71.3 Å². The van der Waals surface area contributed by atoms with Gasteiger partial charge < -0.3 is 0 Å². The zero-order valence-electron chi connectivity index (χ0n) is 23.1. The smallest absolute Gasteiger partial charge is 0.00264 e. The number of hydrogen-bond acceptors (Lipinski definition) is 0. The Hall–Kier alpha value is -4.68. The van der Waals surface area contributed by atoms with Crippen LogP contribution in [0, 0.1) is 0 Å². The molecule has 0 aromatic heterocycles. The Labute approximate surface area is 236 Å². The van der Waals surface area contributed by atoms with E-state index in [-0.39, 0.29) is 0 Å². The van der Waals surface area contributed by atoms with Crippen LogP contribution < -0.4 is 0 Å². The van der Waals surface area contributed by atoms with Crippen molar-refractivity contribution in [1.29, 1.82) is 0 Å². The summed E-state index contributed by atoms with van der Waals surface area (Å²) < 4.78 is 0. The second-order valence-electron chi connectivity index (χ2n) is 10.9. The van der Waals surface area contributed by atoms with Gasteiger partial charge in [0, 0.05) is 0 Å². The molecule has 40 heavy (non-hydrogen) atoms. The minimum absolute atomic E-state index is 0.572. The molecule has 7 aromatic carbocycles. The first-order valence-electron chi connectivity index (χ1n) is 14.3. The van der Waals surface area contributed by atoms with Crippen molar-refractivity contribution in [3.8, 4) is 33.4 Å². The Morgan fingerprint density at radius 1 is 0.425 bits per heavy atom. The summed E-state index contributed by atoms with van der Waals surface area (Å²) in [6, 6.07) is 51.5. The molecule has 0 aliphatic rings. The van der Waals surface area contributed by atoms with Crippen molar-refractivity contribution in [1.82, 2.24) is 0 Å². The molecule has 0 aliphatic carbocycles. The molecule has 0 heteroatoms. The lowest BCUT2D eigenvalue weighted by Crippen LogP contribution is -1.93. The van der Waals surface area contributed by atoms with Crippen LogP contribution in [0.25, 0.3) is 65.7 Å². The van der Waals surface area contributed by atoms with Gasteiger partial charge in [0.15, 0.2) is 0 Å². The first kappa shape index (κ1) is 24.4. The molecular formula is C40H32. The minimum atomic E-state index is 0.572. The van der Waals surface area contributed by atoms with Crippen LogP contribution in [0.5, 0.6) is 0 Å². The first-order chi connectivity index (χ1) is 19.7. The van der Waals surface area contributed by atoms with Gasteiger partial charge in [-0.15, -0.1) is 0 Å². The van der Waals surface area contributed by atoms with Gasteiger partial charge in [-0.2, -0.15) is 0 Å². The highest BCUT2D eigenvalue weighted by atomic mass is 14.2. The van der Waals surface area contributed by atoms with Crippen molar-refractivity contribution in [3.05, 3.63) is 145 Å². The van der Waals surface area contributed by atoms with E-state index < -0.39 is 0 Å². The van der Waals surface area contributed by atoms with Crippen molar-refractivity contribution in [3.63, 3.8) is 0 Å². The molecule has 192 valence electrons. The van der Waals surface area contributed by atoms with E-state index in [4.69, 9.17) is 0 Å². The zero-order valence-corrected chi connectivity index (χ0v) is 23.1. The van der Waals surface area contributed by atoms with E-state index in [0.29, 0.717) is 5.92 Å². The third-order valence-electron chi connectivity index (χ3n) is 8.57. The van der Waals surface area contributed by atoms with E-state index >= 15 is 0 Å². The largest absolute Gasteiger partial charge is 0.0648 e. The standard InChI is InChI=1S/C40H32/c1-3-27(2)28-16-21-31(22-17-28)39-35-12-6-8-14-37(35)40(38-15-9-7-13-36(38)39)32-23-18-30(19-24-32)34-25-20-29-10-4-5-11-33(29)26-34/h4-27H,3H2,1-2H3. The fourth-order valence-corrected chi connectivity index (χ4v) is 6.16. The first-order valence-corrected chi connectivity index (χ1v) is 14.3. The van der Waals surface area contributed by atoms with Crippen LogP contribution in [-0.2, 0) is 0 Å². The van der Waals surface area contributed by atoms with E-state index in [9.17, 15) is 0 Å². The van der Waals surface area contributed by atoms with Gasteiger partial charge in [0.05, 0.1) is 0 Å². The second-order valence-corrected chi connectivity index (χ2v) is 10.9. The van der Waals surface area contributed by atoms with Gasteiger partial charge in [0.1, 0.15) is 0 Å². The Morgan fingerprint density at radius 2 is 0.850 bits per heavy atom. The highest BCUT2D eigenvalue weighted by molar-refractivity contribution is 6.21. The summed E-state index contributed by atoms with van der Waals surface area (Å²) in [6.45, 7) is 4.56. The van der Waals surface area contributed by atoms with E-state index in [1.807, 2.05) is 0 Å². The topological polar surface area (TPSA) is 0 Å². The average molecular weight is 513 g/mol. The minimum Gasteiger partial charge on any atom is -0.0648 e.